The molecule has 0 fully saturated rings. The summed E-state index contributed by atoms with van der Waals surface area (Å²) in [5.41, 5.74) is -4.34. The van der Waals surface area contributed by atoms with Gasteiger partial charge in [-0.2, -0.15) is 31.6 Å². The molecule has 0 aromatic heterocycles. The molecular weight excluding hydrogens is 308 g/mol. The molecule has 1 atom stereocenters. The van der Waals surface area contributed by atoms with Crippen LogP contribution < -0.4 is 0 Å². The zero-order valence-electron chi connectivity index (χ0n) is 9.98. The van der Waals surface area contributed by atoms with E-state index in [1.54, 1.807) is 6.07 Å². The van der Waals surface area contributed by atoms with E-state index in [0.29, 0.717) is 0 Å². The first-order valence-corrected chi connectivity index (χ1v) is 5.66. The van der Waals surface area contributed by atoms with Crippen LogP contribution in [0.3, 0.4) is 0 Å². The third-order valence-electron chi connectivity index (χ3n) is 3.02. The van der Waals surface area contributed by atoms with Crippen LogP contribution in [-0.4, -0.2) is 12.4 Å². The average molecular weight is 316 g/mol. The van der Waals surface area contributed by atoms with Crippen LogP contribution in [0.1, 0.15) is 23.4 Å². The zero-order chi connectivity index (χ0) is 15.8. The van der Waals surface area contributed by atoms with Crippen LogP contribution in [0, 0.1) is 16.7 Å². The van der Waals surface area contributed by atoms with Gasteiger partial charge in [-0.25, -0.2) is 0 Å². The summed E-state index contributed by atoms with van der Waals surface area (Å²) in [4.78, 5) is 0. The topological polar surface area (TPSA) is 23.8 Å². The molecule has 1 nitrogen and oxygen atoms in total. The van der Waals surface area contributed by atoms with Crippen LogP contribution in [-0.2, 0) is 0 Å². The van der Waals surface area contributed by atoms with Gasteiger partial charge in [-0.3, -0.25) is 0 Å². The predicted octanol–water partition coefficient (Wildman–Crippen LogP) is 4.97. The highest BCUT2D eigenvalue weighted by Gasteiger charge is 2.71. The fourth-order valence-corrected chi connectivity index (χ4v) is 1.90. The first-order chi connectivity index (χ1) is 8.95. The van der Waals surface area contributed by atoms with Crippen molar-refractivity contribution in [1.82, 2.24) is 0 Å². The highest BCUT2D eigenvalue weighted by Crippen LogP contribution is 2.59. The quantitative estimate of drug-likeness (QED) is 0.558. The van der Waals surface area contributed by atoms with Gasteiger partial charge in [0.25, 0.3) is 0 Å². The monoisotopic (exact) mass is 315 g/mol. The molecule has 0 bridgehead atoms. The number of halogens is 7. The Bertz CT molecular complexity index is 497. The smallest absolute Gasteiger partial charge is 0.192 e. The largest absolute Gasteiger partial charge is 0.404 e. The second-order valence-electron chi connectivity index (χ2n) is 4.29. The first-order valence-electron chi connectivity index (χ1n) is 5.22. The number of hydrogen-bond acceptors (Lipinski definition) is 1. The van der Waals surface area contributed by atoms with E-state index in [1.165, 1.54) is 0 Å². The minimum Gasteiger partial charge on any atom is -0.192 e. The summed E-state index contributed by atoms with van der Waals surface area (Å²) >= 11 is 5.46. The highest BCUT2D eigenvalue weighted by molar-refractivity contribution is 6.21. The van der Waals surface area contributed by atoms with Gasteiger partial charge in [-0.15, -0.1) is 11.6 Å². The van der Waals surface area contributed by atoms with Gasteiger partial charge in [-0.1, -0.05) is 12.1 Å². The number of nitrogens with zero attached hydrogens (tertiary/aromatic N) is 1. The number of alkyl halides is 7. The molecule has 1 aromatic rings. The molecule has 1 aromatic carbocycles. The SMILES string of the molecule is CC(C(Cl)c1ccc(C#N)cc1)(C(F)(F)F)C(F)(F)F. The van der Waals surface area contributed by atoms with Crippen molar-refractivity contribution >= 4 is 11.6 Å². The Balaban J connectivity index is 3.32. The molecule has 110 valence electrons. The fourth-order valence-electron chi connectivity index (χ4n) is 1.51. The van der Waals surface area contributed by atoms with Crippen molar-refractivity contribution in [2.75, 3.05) is 0 Å². The van der Waals surface area contributed by atoms with Gasteiger partial charge < -0.3 is 0 Å². The lowest BCUT2D eigenvalue weighted by Gasteiger charge is -2.37. The van der Waals surface area contributed by atoms with Crippen molar-refractivity contribution in [2.45, 2.75) is 24.7 Å². The molecule has 0 spiro atoms. The van der Waals surface area contributed by atoms with Gasteiger partial charge in [0.05, 0.1) is 17.0 Å². The Labute approximate surface area is 115 Å². The van der Waals surface area contributed by atoms with Crippen molar-refractivity contribution in [1.29, 1.82) is 5.26 Å². The lowest BCUT2D eigenvalue weighted by atomic mass is 9.81. The minimum atomic E-state index is -5.56. The van der Waals surface area contributed by atoms with Crippen molar-refractivity contribution in [2.24, 2.45) is 5.41 Å². The van der Waals surface area contributed by atoms with Crippen LogP contribution in [0.4, 0.5) is 26.3 Å². The van der Waals surface area contributed by atoms with Gasteiger partial charge in [-0.05, 0) is 24.6 Å². The lowest BCUT2D eigenvalue weighted by molar-refractivity contribution is -0.335. The van der Waals surface area contributed by atoms with E-state index in [9.17, 15) is 26.3 Å². The standard InChI is InChI=1S/C12H8ClF6N/c1-10(11(14,15)16,12(17,18)19)9(13)8-4-2-7(6-20)3-5-8/h2-5,9H,1H3. The summed E-state index contributed by atoms with van der Waals surface area (Å²) in [5, 5.41) is 6.19. The maximum absolute atomic E-state index is 12.8. The molecule has 20 heavy (non-hydrogen) atoms. The van der Waals surface area contributed by atoms with Gasteiger partial charge in [0, 0.05) is 0 Å². The molecule has 0 N–H and O–H groups in total. The summed E-state index contributed by atoms with van der Waals surface area (Å²) < 4.78 is 77.0. The molecule has 0 saturated carbocycles. The molecule has 0 amide bonds. The molecule has 8 heteroatoms. The molecule has 0 aliphatic rings. The number of rotatable bonds is 2. The third kappa shape index (κ3) is 2.70. The summed E-state index contributed by atoms with van der Waals surface area (Å²) in [6.07, 6.45) is -11.1. The predicted molar refractivity (Wildman–Crippen MR) is 60.0 cm³/mol. The Kier molecular flexibility index (Phi) is 4.30. The number of nitriles is 1. The van der Waals surface area contributed by atoms with Crippen LogP contribution in [0.5, 0.6) is 0 Å². The second kappa shape index (κ2) is 5.17. The van der Waals surface area contributed by atoms with E-state index < -0.39 is 23.1 Å². The van der Waals surface area contributed by atoms with Gasteiger partial charge in [0.2, 0.25) is 0 Å². The van der Waals surface area contributed by atoms with Crippen molar-refractivity contribution < 1.29 is 26.3 Å². The number of hydrogen-bond donors (Lipinski definition) is 0. The number of benzene rings is 1. The van der Waals surface area contributed by atoms with E-state index in [-0.39, 0.29) is 18.1 Å². The zero-order valence-corrected chi connectivity index (χ0v) is 10.7. The first kappa shape index (κ1) is 16.6. The molecule has 0 radical (unpaired) electrons. The molecule has 0 aliphatic carbocycles. The van der Waals surface area contributed by atoms with E-state index >= 15 is 0 Å². The van der Waals surface area contributed by atoms with Gasteiger partial charge in [0.1, 0.15) is 0 Å². The Morgan fingerprint density at radius 3 is 1.70 bits per heavy atom. The van der Waals surface area contributed by atoms with Crippen molar-refractivity contribution in [3.05, 3.63) is 35.4 Å². The van der Waals surface area contributed by atoms with Gasteiger partial charge in [0.15, 0.2) is 5.41 Å². The van der Waals surface area contributed by atoms with E-state index in [4.69, 9.17) is 16.9 Å². The van der Waals surface area contributed by atoms with Crippen molar-refractivity contribution in [3.8, 4) is 6.07 Å². The molecule has 0 saturated heterocycles. The highest BCUT2D eigenvalue weighted by atomic mass is 35.5. The third-order valence-corrected chi connectivity index (χ3v) is 3.71. The molecule has 1 rings (SSSR count). The fraction of sp³-hybridized carbons (Fsp3) is 0.417. The van der Waals surface area contributed by atoms with Crippen LogP contribution in [0.2, 0.25) is 0 Å². The van der Waals surface area contributed by atoms with E-state index in [1.807, 2.05) is 0 Å². The molecule has 0 heterocycles. The van der Waals surface area contributed by atoms with E-state index in [0.717, 1.165) is 24.3 Å². The minimum absolute atomic E-state index is 0.0167. The van der Waals surface area contributed by atoms with Crippen molar-refractivity contribution in [3.63, 3.8) is 0 Å². The summed E-state index contributed by atoms with van der Waals surface area (Å²) in [7, 11) is 0. The lowest BCUT2D eigenvalue weighted by Crippen LogP contribution is -2.50. The maximum Gasteiger partial charge on any atom is 0.404 e. The summed E-state index contributed by atoms with van der Waals surface area (Å²) in [6, 6.07) is 5.88. The van der Waals surface area contributed by atoms with Crippen LogP contribution in [0.25, 0.3) is 0 Å². The Hall–Kier alpha value is -1.42. The maximum atomic E-state index is 12.8. The van der Waals surface area contributed by atoms with Gasteiger partial charge >= 0.3 is 12.4 Å². The molecule has 1 unspecified atom stereocenters. The van der Waals surface area contributed by atoms with Crippen LogP contribution >= 0.6 is 11.6 Å². The average Bonchev–Trinajstić information content (AvgIpc) is 2.34. The molecular formula is C12H8ClF6N. The second-order valence-corrected chi connectivity index (χ2v) is 4.73. The molecule has 0 aliphatic heterocycles. The van der Waals surface area contributed by atoms with Crippen LogP contribution in [0.15, 0.2) is 24.3 Å². The Morgan fingerprint density at radius 1 is 1.00 bits per heavy atom. The van der Waals surface area contributed by atoms with E-state index in [2.05, 4.69) is 0 Å². The Morgan fingerprint density at radius 2 is 1.40 bits per heavy atom. The summed E-state index contributed by atoms with van der Waals surface area (Å²) in [5.74, 6) is 0. The summed E-state index contributed by atoms with van der Waals surface area (Å²) in [6.45, 7) is 0.0167. The normalized spacial score (nSPS) is 14.8.